The van der Waals surface area contributed by atoms with E-state index >= 15 is 0 Å². The summed E-state index contributed by atoms with van der Waals surface area (Å²) in [5, 5.41) is -0.416. The highest BCUT2D eigenvalue weighted by Gasteiger charge is 2.52. The van der Waals surface area contributed by atoms with Gasteiger partial charge in [0.25, 0.3) is 0 Å². The minimum atomic E-state index is -1.26. The zero-order valence-electron chi connectivity index (χ0n) is 17.3. The third-order valence-electron chi connectivity index (χ3n) is 3.88. The Morgan fingerprint density at radius 3 is 2.40 bits per heavy atom. The molecule has 2 heterocycles. The fourth-order valence-electron chi connectivity index (χ4n) is 2.54. The molecule has 0 aromatic heterocycles. The number of amides is 2. The van der Waals surface area contributed by atoms with E-state index in [4.69, 9.17) is 24.7 Å². The van der Waals surface area contributed by atoms with Crippen molar-refractivity contribution in [1.29, 1.82) is 0 Å². The first-order valence-electron chi connectivity index (χ1n) is 8.87. The van der Waals surface area contributed by atoms with Crippen LogP contribution < -0.4 is 5.73 Å². The number of halogens is 1. The largest absolute Gasteiger partial charge is 0.511 e. The molecule has 0 aromatic carbocycles. The number of esters is 1. The van der Waals surface area contributed by atoms with Crippen LogP contribution in [0.3, 0.4) is 0 Å². The van der Waals surface area contributed by atoms with E-state index in [1.54, 1.807) is 13.8 Å². The van der Waals surface area contributed by atoms with Gasteiger partial charge in [0.05, 0.1) is 6.10 Å². The van der Waals surface area contributed by atoms with Gasteiger partial charge in [-0.1, -0.05) is 0 Å². The first-order valence-corrected chi connectivity index (χ1v) is 9.92. The lowest BCUT2D eigenvalue weighted by atomic mass is 10.0. The van der Waals surface area contributed by atoms with E-state index in [-0.39, 0.29) is 24.7 Å². The quantitative estimate of drug-likeness (QED) is 0.261. The first kappa shape index (κ1) is 25.9. The monoisotopic (exact) mass is 467 g/mol. The molecule has 2 rings (SSSR count). The maximum atomic E-state index is 12.7. The van der Waals surface area contributed by atoms with E-state index < -0.39 is 47.9 Å². The van der Waals surface area contributed by atoms with E-state index in [1.807, 2.05) is 0 Å². The highest BCUT2D eigenvalue weighted by molar-refractivity contribution is 8.00. The molecular weight excluding hydrogens is 442 g/mol. The highest BCUT2D eigenvalue weighted by atomic mass is 35.5. The molecule has 2 aliphatic rings. The van der Waals surface area contributed by atoms with Crippen LogP contribution >= 0.6 is 24.2 Å². The van der Waals surface area contributed by atoms with E-state index in [1.165, 1.54) is 42.6 Å². The van der Waals surface area contributed by atoms with Crippen LogP contribution in [-0.2, 0) is 28.5 Å². The fraction of sp³-hybridized carbons (Fsp3) is 0.647. The van der Waals surface area contributed by atoms with Gasteiger partial charge in [-0.3, -0.25) is 9.69 Å². The zero-order chi connectivity index (χ0) is 21.9. The van der Waals surface area contributed by atoms with Crippen LogP contribution in [0.4, 0.5) is 9.59 Å². The third-order valence-corrected chi connectivity index (χ3v) is 5.24. The van der Waals surface area contributed by atoms with Gasteiger partial charge >= 0.3 is 18.2 Å². The highest BCUT2D eigenvalue weighted by Crippen LogP contribution is 2.40. The number of fused-ring (bicyclic) bond motifs is 1. The van der Waals surface area contributed by atoms with Gasteiger partial charge in [0, 0.05) is 32.3 Å². The number of thioether (sulfide) groups is 1. The summed E-state index contributed by atoms with van der Waals surface area (Å²) < 4.78 is 20.0. The van der Waals surface area contributed by atoms with Crippen molar-refractivity contribution in [1.82, 2.24) is 9.80 Å². The molecule has 3 atom stereocenters. The van der Waals surface area contributed by atoms with Gasteiger partial charge < -0.3 is 29.6 Å². The fourth-order valence-corrected chi connectivity index (χ4v) is 3.82. The zero-order valence-corrected chi connectivity index (χ0v) is 18.9. The van der Waals surface area contributed by atoms with Gasteiger partial charge in [-0.05, 0) is 13.8 Å². The Hall–Kier alpha value is -2.18. The van der Waals surface area contributed by atoms with E-state index in [9.17, 15) is 19.2 Å². The summed E-state index contributed by atoms with van der Waals surface area (Å²) in [6.45, 7) is 4.42. The first-order chi connectivity index (χ1) is 13.5. The predicted molar refractivity (Wildman–Crippen MR) is 109 cm³/mol. The summed E-state index contributed by atoms with van der Waals surface area (Å²) in [5.41, 5.74) is 6.13. The van der Waals surface area contributed by atoms with Crippen molar-refractivity contribution in [2.24, 2.45) is 5.73 Å². The lowest BCUT2D eigenvalue weighted by Gasteiger charge is -2.48. The number of carbonyl (C=O) groups excluding carboxylic acids is 4. The van der Waals surface area contributed by atoms with Gasteiger partial charge in [-0.15, -0.1) is 24.2 Å². The second kappa shape index (κ2) is 10.7. The summed E-state index contributed by atoms with van der Waals surface area (Å²) in [5.74, 6) is -1.02. The number of hydrogen-bond acceptors (Lipinski definition) is 10. The minimum Gasteiger partial charge on any atom is -0.445 e. The summed E-state index contributed by atoms with van der Waals surface area (Å²) in [6, 6.07) is -0.733. The molecule has 0 aromatic rings. The number of ether oxygens (including phenoxy) is 4. The molecular formula is C17H26ClN3O8S. The van der Waals surface area contributed by atoms with Gasteiger partial charge in [0.1, 0.15) is 23.7 Å². The van der Waals surface area contributed by atoms with Crippen LogP contribution in [0.5, 0.6) is 0 Å². The number of rotatable bonds is 6. The molecule has 0 aliphatic carbocycles. The van der Waals surface area contributed by atoms with Crippen LogP contribution in [0.25, 0.3) is 0 Å². The normalized spacial score (nSPS) is 21.0. The Balaban J connectivity index is 0.00000450. The van der Waals surface area contributed by atoms with Crippen molar-refractivity contribution in [3.8, 4) is 0 Å². The van der Waals surface area contributed by atoms with Crippen LogP contribution in [0, 0.1) is 0 Å². The van der Waals surface area contributed by atoms with Crippen molar-refractivity contribution >= 4 is 48.3 Å². The van der Waals surface area contributed by atoms with Gasteiger partial charge in [-0.25, -0.2) is 14.4 Å². The van der Waals surface area contributed by atoms with E-state index in [2.05, 4.69) is 0 Å². The SMILES string of the molecule is CC(C)OC(=O)OC(C)OC(=O)C1=C(COC(=O)N(C)C)CS[C@@H]2C(N)C(=O)N12.Cl. The molecule has 2 amide bonds. The molecule has 1 saturated heterocycles. The molecule has 0 radical (unpaired) electrons. The summed E-state index contributed by atoms with van der Waals surface area (Å²) in [7, 11) is 3.04. The lowest BCUT2D eigenvalue weighted by Crippen LogP contribution is -2.68. The standard InChI is InChI=1S/C17H25N3O8S.ClH/c1-8(2)26-17(24)28-9(3)27-15(22)12-10(6-25-16(23)19(4)5)7-29-14-11(18)13(21)20(12)14;/h8-9,11,14H,6-7,18H2,1-5H3;1H/t9?,11?,14-;/m1./s1. The third kappa shape index (κ3) is 5.92. The van der Waals surface area contributed by atoms with Crippen molar-refractivity contribution < 1.29 is 38.1 Å². The second-order valence-corrected chi connectivity index (χ2v) is 7.95. The topological polar surface area (TPSA) is 138 Å². The average molecular weight is 468 g/mol. The Morgan fingerprint density at radius 1 is 1.20 bits per heavy atom. The molecule has 2 N–H and O–H groups in total. The number of hydrogen-bond donors (Lipinski definition) is 1. The summed E-state index contributed by atoms with van der Waals surface area (Å²) >= 11 is 1.35. The number of carbonyl (C=O) groups is 4. The Labute approximate surface area is 184 Å². The number of β-lactam (4-membered cyclic amide) rings is 1. The van der Waals surface area contributed by atoms with Crippen molar-refractivity contribution in [2.75, 3.05) is 26.5 Å². The minimum absolute atomic E-state index is 0. The molecule has 0 spiro atoms. The van der Waals surface area contributed by atoms with Crippen LogP contribution in [-0.4, -0.2) is 84.2 Å². The van der Waals surface area contributed by atoms with Crippen LogP contribution in [0.2, 0.25) is 0 Å². The Bertz CT molecular complexity index is 730. The summed E-state index contributed by atoms with van der Waals surface area (Å²) in [6.07, 6.45) is -3.25. The number of nitrogens with two attached hydrogens (primary N) is 1. The average Bonchev–Trinajstić information content (AvgIpc) is 2.63. The van der Waals surface area contributed by atoms with Gasteiger partial charge in [0.15, 0.2) is 0 Å². The maximum Gasteiger partial charge on any atom is 0.511 e. The molecule has 1 fully saturated rings. The molecule has 2 unspecified atom stereocenters. The lowest BCUT2D eigenvalue weighted by molar-refractivity contribution is -0.169. The molecule has 2 aliphatic heterocycles. The molecule has 30 heavy (non-hydrogen) atoms. The number of nitrogens with zero attached hydrogens (tertiary/aromatic N) is 2. The van der Waals surface area contributed by atoms with E-state index in [0.29, 0.717) is 11.3 Å². The predicted octanol–water partition coefficient (Wildman–Crippen LogP) is 1.05. The van der Waals surface area contributed by atoms with E-state index in [0.717, 1.165) is 0 Å². The van der Waals surface area contributed by atoms with Crippen molar-refractivity contribution in [2.45, 2.75) is 44.6 Å². The Morgan fingerprint density at radius 2 is 1.83 bits per heavy atom. The molecule has 13 heteroatoms. The molecule has 170 valence electrons. The van der Waals surface area contributed by atoms with Crippen molar-refractivity contribution in [3.63, 3.8) is 0 Å². The van der Waals surface area contributed by atoms with Crippen molar-refractivity contribution in [3.05, 3.63) is 11.3 Å². The van der Waals surface area contributed by atoms with Gasteiger partial charge in [0.2, 0.25) is 12.2 Å². The molecule has 11 nitrogen and oxygen atoms in total. The van der Waals surface area contributed by atoms with Crippen LogP contribution in [0.15, 0.2) is 11.3 Å². The molecule has 0 bridgehead atoms. The summed E-state index contributed by atoms with van der Waals surface area (Å²) in [4.78, 5) is 50.7. The van der Waals surface area contributed by atoms with Gasteiger partial charge in [-0.2, -0.15) is 0 Å². The second-order valence-electron chi connectivity index (χ2n) is 6.84. The smallest absolute Gasteiger partial charge is 0.445 e. The Kier molecular flexibility index (Phi) is 9.25. The van der Waals surface area contributed by atoms with Crippen LogP contribution in [0.1, 0.15) is 20.8 Å². The molecule has 0 saturated carbocycles. The maximum absolute atomic E-state index is 12.7.